The van der Waals surface area contributed by atoms with E-state index in [4.69, 9.17) is 22.3 Å². The molecule has 0 aliphatic heterocycles. The minimum atomic E-state index is -2.00. The number of nitrogens with two attached hydrogens (primary N) is 1. The van der Waals surface area contributed by atoms with Crippen LogP contribution in [0.15, 0.2) is 15.3 Å². The predicted octanol–water partition coefficient (Wildman–Crippen LogP) is 0.649. The van der Waals surface area contributed by atoms with Crippen molar-refractivity contribution in [2.24, 2.45) is 21.1 Å². The molecule has 7 heteroatoms. The Morgan fingerprint density at radius 1 is 1.00 bits per heavy atom. The molecule has 0 aliphatic rings. The lowest BCUT2D eigenvalue weighted by Crippen LogP contribution is -2.30. The largest absolute Gasteiger partial charge is 0.354 e. The van der Waals surface area contributed by atoms with E-state index in [0.29, 0.717) is 0 Å². The standard InChI is InChI=1S/CH5N7/c2-1(6-3,7-4)8-5/h3-5H,2H2. The zero-order valence-corrected chi connectivity index (χ0v) is 3.92. The van der Waals surface area contributed by atoms with Gasteiger partial charge in [-0.2, -0.15) is 0 Å². The molecule has 0 atom stereocenters. The molecular weight excluding hydrogens is 110 g/mol. The average molecular weight is 115 g/mol. The first-order valence-corrected chi connectivity index (χ1v) is 1.63. The molecule has 8 heavy (non-hydrogen) atoms. The Hall–Kier alpha value is -1.24. The van der Waals surface area contributed by atoms with E-state index in [-0.39, 0.29) is 0 Å². The van der Waals surface area contributed by atoms with Gasteiger partial charge < -0.3 is 0 Å². The topological polar surface area (TPSA) is 135 Å². The summed E-state index contributed by atoms with van der Waals surface area (Å²) in [6.07, 6.45) is 0. The summed E-state index contributed by atoms with van der Waals surface area (Å²) in [5, 5.41) is 7.73. The molecule has 7 nitrogen and oxygen atoms in total. The van der Waals surface area contributed by atoms with E-state index in [0.717, 1.165) is 0 Å². The molecule has 44 valence electrons. The van der Waals surface area contributed by atoms with E-state index in [1.807, 2.05) is 0 Å². The molecule has 0 amide bonds. The molecule has 0 rings (SSSR count). The number of hydrogen-bond donors (Lipinski definition) is 4. The lowest BCUT2D eigenvalue weighted by atomic mass is 10.7. The van der Waals surface area contributed by atoms with Crippen molar-refractivity contribution in [3.63, 3.8) is 0 Å². The van der Waals surface area contributed by atoms with Crippen LogP contribution in [0.5, 0.6) is 0 Å². The molecule has 0 spiro atoms. The van der Waals surface area contributed by atoms with Crippen molar-refractivity contribution in [2.45, 2.75) is 5.91 Å². The number of nitrogens with one attached hydrogen (secondary N) is 3. The third-order valence-corrected chi connectivity index (χ3v) is 0.494. The van der Waals surface area contributed by atoms with Crippen LogP contribution in [0.25, 0.3) is 0 Å². The van der Waals surface area contributed by atoms with Gasteiger partial charge in [-0.05, 0) is 0 Å². The maximum absolute atomic E-state index is 6.23. The predicted molar refractivity (Wildman–Crippen MR) is 22.4 cm³/mol. The zero-order valence-electron chi connectivity index (χ0n) is 3.92. The Labute approximate surface area is 44.8 Å². The monoisotopic (exact) mass is 115 g/mol. The number of hydrogen-bond acceptors (Lipinski definition) is 7. The lowest BCUT2D eigenvalue weighted by molar-refractivity contribution is 0.396. The van der Waals surface area contributed by atoms with Crippen LogP contribution >= 0.6 is 0 Å². The van der Waals surface area contributed by atoms with Crippen molar-refractivity contribution in [2.75, 3.05) is 0 Å². The van der Waals surface area contributed by atoms with Crippen molar-refractivity contribution >= 4 is 0 Å². The third kappa shape index (κ3) is 1.12. The van der Waals surface area contributed by atoms with E-state index in [1.54, 1.807) is 0 Å². The van der Waals surface area contributed by atoms with Gasteiger partial charge in [0, 0.05) is 0 Å². The third-order valence-electron chi connectivity index (χ3n) is 0.494. The molecule has 0 aromatic heterocycles. The minimum Gasteiger partial charge on any atom is -0.264 e. The van der Waals surface area contributed by atoms with Gasteiger partial charge >= 0.3 is 5.91 Å². The van der Waals surface area contributed by atoms with E-state index in [2.05, 4.69) is 15.3 Å². The van der Waals surface area contributed by atoms with Crippen LogP contribution in [-0.4, -0.2) is 5.91 Å². The quantitative estimate of drug-likeness (QED) is 0.394. The molecule has 0 unspecified atom stereocenters. The van der Waals surface area contributed by atoms with Crippen LogP contribution in [0, 0.1) is 16.6 Å². The molecule has 0 aromatic rings. The van der Waals surface area contributed by atoms with E-state index in [1.165, 1.54) is 0 Å². The van der Waals surface area contributed by atoms with Crippen LogP contribution in [0.4, 0.5) is 0 Å². The zero-order chi connectivity index (χ0) is 6.62. The molecular formula is CH5N7. The Morgan fingerprint density at radius 2 is 1.25 bits per heavy atom. The summed E-state index contributed by atoms with van der Waals surface area (Å²) in [6, 6.07) is 0. The Kier molecular flexibility index (Phi) is 1.83. The average Bonchev–Trinajstić information content (AvgIpc) is 1.87. The molecule has 0 bridgehead atoms. The first-order chi connectivity index (χ1) is 3.68. The van der Waals surface area contributed by atoms with Gasteiger partial charge in [-0.1, -0.05) is 0 Å². The maximum atomic E-state index is 6.23. The summed E-state index contributed by atoms with van der Waals surface area (Å²) in [4.78, 5) is 0. The molecule has 0 aliphatic carbocycles. The second-order valence-corrected chi connectivity index (χ2v) is 1.02. The normalized spacial score (nSPS) is 16.1. The summed E-state index contributed by atoms with van der Waals surface area (Å²) >= 11 is 0. The van der Waals surface area contributed by atoms with Gasteiger partial charge in [-0.15, -0.1) is 15.3 Å². The Morgan fingerprint density at radius 3 is 1.25 bits per heavy atom. The van der Waals surface area contributed by atoms with Gasteiger partial charge in [0.1, 0.15) is 0 Å². The van der Waals surface area contributed by atoms with Crippen LogP contribution in [-0.2, 0) is 0 Å². The fraction of sp³-hybridized carbons (Fsp3) is 1.00. The second kappa shape index (κ2) is 2.17. The highest BCUT2D eigenvalue weighted by Crippen LogP contribution is 2.03. The highest BCUT2D eigenvalue weighted by Gasteiger charge is 2.19. The van der Waals surface area contributed by atoms with E-state index < -0.39 is 5.91 Å². The van der Waals surface area contributed by atoms with E-state index >= 15 is 0 Å². The van der Waals surface area contributed by atoms with Crippen LogP contribution in [0.3, 0.4) is 0 Å². The highest BCUT2D eigenvalue weighted by molar-refractivity contribution is 4.63. The molecule has 5 N–H and O–H groups in total. The number of rotatable bonds is 3. The van der Waals surface area contributed by atoms with Crippen molar-refractivity contribution in [1.82, 2.24) is 0 Å². The molecule has 0 saturated carbocycles. The van der Waals surface area contributed by atoms with Crippen molar-refractivity contribution in [1.29, 1.82) is 16.6 Å². The first-order valence-electron chi connectivity index (χ1n) is 1.63. The second-order valence-electron chi connectivity index (χ2n) is 1.02. The fourth-order valence-electron chi connectivity index (χ4n) is 0.0750. The molecule has 0 heterocycles. The lowest BCUT2D eigenvalue weighted by Gasteiger charge is -2.04. The van der Waals surface area contributed by atoms with Gasteiger partial charge in [-0.3, -0.25) is 5.73 Å². The van der Waals surface area contributed by atoms with Gasteiger partial charge in [0.15, 0.2) is 0 Å². The molecule has 0 radical (unpaired) electrons. The summed E-state index contributed by atoms with van der Waals surface area (Å²) in [5.74, 6) is -2.00. The summed E-state index contributed by atoms with van der Waals surface area (Å²) in [7, 11) is 0. The van der Waals surface area contributed by atoms with Gasteiger partial charge in [-0.25, -0.2) is 16.6 Å². The molecule has 0 saturated heterocycles. The Bertz CT molecular complexity index is 91.8. The van der Waals surface area contributed by atoms with Gasteiger partial charge in [0.05, 0.1) is 0 Å². The molecule has 0 aromatic carbocycles. The fourth-order valence-corrected chi connectivity index (χ4v) is 0.0750. The number of nitrogens with zero attached hydrogens (tertiary/aromatic N) is 3. The summed E-state index contributed by atoms with van der Waals surface area (Å²) in [5.41, 5.74) is 23.5. The maximum Gasteiger partial charge on any atom is 0.354 e. The first kappa shape index (κ1) is 6.76. The van der Waals surface area contributed by atoms with Crippen LogP contribution < -0.4 is 5.73 Å². The highest BCUT2D eigenvalue weighted by atomic mass is 15.5. The summed E-state index contributed by atoms with van der Waals surface area (Å²) < 4.78 is 0. The summed E-state index contributed by atoms with van der Waals surface area (Å²) in [6.45, 7) is 0. The van der Waals surface area contributed by atoms with Crippen molar-refractivity contribution in [3.8, 4) is 0 Å². The smallest absolute Gasteiger partial charge is 0.264 e. The van der Waals surface area contributed by atoms with Crippen molar-refractivity contribution < 1.29 is 0 Å². The minimum absolute atomic E-state index is 2.00. The Balaban J connectivity index is 4.18. The van der Waals surface area contributed by atoms with Gasteiger partial charge in [0.2, 0.25) is 0 Å². The van der Waals surface area contributed by atoms with Crippen molar-refractivity contribution in [3.05, 3.63) is 0 Å². The SMILES string of the molecule is N=NC(N)(N=N)N=N. The molecule has 0 fully saturated rings. The van der Waals surface area contributed by atoms with Crippen LogP contribution in [0.2, 0.25) is 0 Å². The van der Waals surface area contributed by atoms with E-state index in [9.17, 15) is 0 Å². The van der Waals surface area contributed by atoms with Crippen LogP contribution in [0.1, 0.15) is 0 Å². The van der Waals surface area contributed by atoms with Gasteiger partial charge in [0.25, 0.3) is 0 Å².